The average Bonchev–Trinajstić information content (AvgIpc) is 2.61. The summed E-state index contributed by atoms with van der Waals surface area (Å²) in [6, 6.07) is 6.32. The number of rotatable bonds is 5. The number of fused-ring (bicyclic) bond motifs is 1. The Morgan fingerprint density at radius 3 is 2.59 bits per heavy atom. The van der Waals surface area contributed by atoms with Crippen LogP contribution in [-0.2, 0) is 14.3 Å². The van der Waals surface area contributed by atoms with E-state index in [1.54, 1.807) is 19.1 Å². The molecule has 8 nitrogen and oxygen atoms in total. The average molecular weight is 389 g/mol. The van der Waals surface area contributed by atoms with Gasteiger partial charge >= 0.3 is 5.97 Å². The monoisotopic (exact) mass is 389 g/mol. The summed E-state index contributed by atoms with van der Waals surface area (Å²) in [5.74, 6) is -0.734. The van der Waals surface area contributed by atoms with Gasteiger partial charge in [-0.1, -0.05) is 12.1 Å². The summed E-state index contributed by atoms with van der Waals surface area (Å²) in [5, 5.41) is 12.6. The molecule has 1 aromatic carbocycles. The molecule has 1 aliphatic heterocycles. The largest absolute Gasteiger partial charge is 0.508 e. The Kier molecular flexibility index (Phi) is 5.43. The lowest BCUT2D eigenvalue weighted by molar-refractivity contribution is -0.140. The van der Waals surface area contributed by atoms with Crippen molar-refractivity contribution in [2.75, 3.05) is 25.6 Å². The van der Waals surface area contributed by atoms with E-state index >= 15 is 0 Å². The molecule has 0 saturated carbocycles. The van der Waals surface area contributed by atoms with E-state index in [1.807, 2.05) is 0 Å². The number of aromatic hydroxyl groups is 1. The molecule has 27 heavy (non-hydrogen) atoms. The van der Waals surface area contributed by atoms with Gasteiger partial charge in [-0.25, -0.2) is 4.79 Å². The van der Waals surface area contributed by atoms with Gasteiger partial charge in [0.2, 0.25) is 0 Å². The van der Waals surface area contributed by atoms with Crippen LogP contribution in [0.2, 0.25) is 0 Å². The summed E-state index contributed by atoms with van der Waals surface area (Å²) >= 11 is 5.04. The predicted molar refractivity (Wildman–Crippen MR) is 101 cm³/mol. The van der Waals surface area contributed by atoms with Crippen molar-refractivity contribution in [1.29, 1.82) is 0 Å². The summed E-state index contributed by atoms with van der Waals surface area (Å²) in [5.41, 5.74) is 1.41. The van der Waals surface area contributed by atoms with Crippen molar-refractivity contribution in [2.45, 2.75) is 12.8 Å². The molecule has 1 aliphatic rings. The van der Waals surface area contributed by atoms with Crippen LogP contribution >= 0.6 is 12.2 Å². The molecule has 0 radical (unpaired) electrons. The molecule has 0 spiro atoms. The lowest BCUT2D eigenvalue weighted by Gasteiger charge is -2.29. The highest BCUT2D eigenvalue weighted by Gasteiger charge is 2.35. The second-order valence-corrected chi connectivity index (χ2v) is 6.42. The van der Waals surface area contributed by atoms with E-state index in [4.69, 9.17) is 21.7 Å². The molecular formula is C18H19N3O5S. The molecule has 0 fully saturated rings. The van der Waals surface area contributed by atoms with Gasteiger partial charge in [-0.05, 0) is 36.8 Å². The minimum Gasteiger partial charge on any atom is -0.508 e. The van der Waals surface area contributed by atoms with E-state index in [0.29, 0.717) is 28.2 Å². The number of ether oxygens (including phenoxy) is 2. The molecular weight excluding hydrogens is 370 g/mol. The second-order valence-electron chi connectivity index (χ2n) is 6.01. The van der Waals surface area contributed by atoms with Gasteiger partial charge in [0.1, 0.15) is 18.2 Å². The summed E-state index contributed by atoms with van der Waals surface area (Å²) in [7, 11) is 1.51. The number of H-pyrrole nitrogens is 2. The van der Waals surface area contributed by atoms with Crippen LogP contribution in [0.3, 0.4) is 0 Å². The first-order chi connectivity index (χ1) is 12.9. The normalized spacial score (nSPS) is 15.9. The Morgan fingerprint density at radius 1 is 1.22 bits per heavy atom. The van der Waals surface area contributed by atoms with Gasteiger partial charge in [-0.2, -0.15) is 0 Å². The molecule has 142 valence electrons. The summed E-state index contributed by atoms with van der Waals surface area (Å²) in [4.78, 5) is 30.9. The van der Waals surface area contributed by atoms with Crippen molar-refractivity contribution in [1.82, 2.24) is 9.97 Å². The number of hydrogen-bond acceptors (Lipinski definition) is 7. The molecule has 9 heteroatoms. The molecule has 0 bridgehead atoms. The maximum Gasteiger partial charge on any atom is 0.336 e. The lowest BCUT2D eigenvalue weighted by atomic mass is 9.82. The number of aromatic nitrogens is 2. The third-order valence-electron chi connectivity index (χ3n) is 4.24. The van der Waals surface area contributed by atoms with E-state index in [0.717, 1.165) is 0 Å². The summed E-state index contributed by atoms with van der Waals surface area (Å²) in [6.45, 7) is 2.08. The van der Waals surface area contributed by atoms with Crippen molar-refractivity contribution >= 4 is 24.0 Å². The van der Waals surface area contributed by atoms with Crippen LogP contribution in [0.25, 0.3) is 0 Å². The highest BCUT2D eigenvalue weighted by Crippen LogP contribution is 2.39. The fourth-order valence-electron chi connectivity index (χ4n) is 3.05. The number of aromatic amines is 2. The van der Waals surface area contributed by atoms with Crippen LogP contribution in [0.5, 0.6) is 5.75 Å². The van der Waals surface area contributed by atoms with Crippen LogP contribution < -0.4 is 10.9 Å². The number of carbonyl (C=O) groups is 1. The fraction of sp³-hybridized carbons (Fsp3) is 0.278. The zero-order valence-corrected chi connectivity index (χ0v) is 15.6. The minimum atomic E-state index is -0.688. The van der Waals surface area contributed by atoms with Crippen molar-refractivity contribution < 1.29 is 19.4 Å². The number of phenolic OH excluding ortho intramolecular Hbond substituents is 1. The Labute approximate surface area is 159 Å². The van der Waals surface area contributed by atoms with Crippen LogP contribution in [0.1, 0.15) is 24.0 Å². The third kappa shape index (κ3) is 3.79. The van der Waals surface area contributed by atoms with Crippen LogP contribution in [0.4, 0.5) is 5.82 Å². The topological polar surface area (TPSA) is 116 Å². The van der Waals surface area contributed by atoms with Gasteiger partial charge in [0.15, 0.2) is 4.77 Å². The second kappa shape index (κ2) is 7.77. The number of carbonyl (C=O) groups excluding carboxylic acids is 1. The first-order valence-corrected chi connectivity index (χ1v) is 8.62. The van der Waals surface area contributed by atoms with Crippen LogP contribution in [0, 0.1) is 4.77 Å². The van der Waals surface area contributed by atoms with E-state index in [-0.39, 0.29) is 23.7 Å². The van der Waals surface area contributed by atoms with Crippen molar-refractivity contribution in [2.24, 2.45) is 0 Å². The number of hydrogen-bond donors (Lipinski definition) is 4. The van der Waals surface area contributed by atoms with Crippen molar-refractivity contribution in [3.63, 3.8) is 0 Å². The van der Waals surface area contributed by atoms with Crippen LogP contribution in [-0.4, -0.2) is 41.4 Å². The third-order valence-corrected chi connectivity index (χ3v) is 4.44. The van der Waals surface area contributed by atoms with E-state index in [9.17, 15) is 14.7 Å². The van der Waals surface area contributed by atoms with Gasteiger partial charge in [-0.15, -0.1) is 0 Å². The minimum absolute atomic E-state index is 0.0826. The lowest BCUT2D eigenvalue weighted by Crippen LogP contribution is -2.31. The molecule has 4 N–H and O–H groups in total. The Balaban J connectivity index is 2.15. The molecule has 0 aliphatic carbocycles. The number of phenols is 1. The number of methoxy groups -OCH3 is 1. The number of allylic oxidation sites excluding steroid dienone is 1. The fourth-order valence-corrected chi connectivity index (χ4v) is 3.25. The number of esters is 1. The number of anilines is 1. The molecule has 1 atom stereocenters. The number of benzene rings is 1. The zero-order valence-electron chi connectivity index (χ0n) is 14.8. The summed E-state index contributed by atoms with van der Waals surface area (Å²) < 4.78 is 10.4. The molecule has 1 aromatic heterocycles. The quantitative estimate of drug-likeness (QED) is 0.352. The maximum atomic E-state index is 12.8. The zero-order chi connectivity index (χ0) is 19.6. The van der Waals surface area contributed by atoms with Gasteiger partial charge < -0.3 is 24.9 Å². The molecule has 0 amide bonds. The first-order valence-electron chi connectivity index (χ1n) is 8.21. The van der Waals surface area contributed by atoms with Gasteiger partial charge in [0.05, 0.1) is 23.7 Å². The van der Waals surface area contributed by atoms with Crippen molar-refractivity contribution in [3.8, 4) is 5.75 Å². The Morgan fingerprint density at radius 2 is 1.93 bits per heavy atom. The highest BCUT2D eigenvalue weighted by molar-refractivity contribution is 7.71. The van der Waals surface area contributed by atoms with E-state index in [2.05, 4.69) is 15.3 Å². The predicted octanol–water partition coefficient (Wildman–Crippen LogP) is 2.16. The molecule has 1 unspecified atom stereocenters. The van der Waals surface area contributed by atoms with Crippen LogP contribution in [0.15, 0.2) is 40.3 Å². The Hall–Kier alpha value is -2.91. The van der Waals surface area contributed by atoms with Gasteiger partial charge in [0.25, 0.3) is 5.56 Å². The molecule has 3 rings (SSSR count). The highest BCUT2D eigenvalue weighted by atomic mass is 32.1. The van der Waals surface area contributed by atoms with E-state index < -0.39 is 17.4 Å². The van der Waals surface area contributed by atoms with E-state index in [1.165, 1.54) is 19.2 Å². The van der Waals surface area contributed by atoms with Gasteiger partial charge in [0, 0.05) is 12.8 Å². The number of nitrogens with one attached hydrogen (secondary N) is 3. The smallest absolute Gasteiger partial charge is 0.336 e. The Bertz CT molecular complexity index is 1010. The standard InChI is InChI=1S/C18H19N3O5S/c1-9-12(17(24)26-8-7-25-2)13(10-3-5-11(22)6-4-10)14-15(19-9)20-18(27)21-16(14)23/h3-6,13,22H,7-8H2,1-2H3,(H3,19,20,21,23,27). The van der Waals surface area contributed by atoms with Gasteiger partial charge in [-0.3, -0.25) is 9.78 Å². The SMILES string of the molecule is COCCOC(=O)C1=C(C)Nc2[nH]c(=S)[nH]c(=O)c2C1c1ccc(O)cc1. The molecule has 2 aromatic rings. The van der Waals surface area contributed by atoms with Crippen molar-refractivity contribution in [3.05, 3.63) is 61.8 Å². The maximum absolute atomic E-state index is 12.8. The summed E-state index contributed by atoms with van der Waals surface area (Å²) in [6.07, 6.45) is 0. The molecule has 2 heterocycles. The first kappa shape index (κ1) is 18.9. The molecule has 0 saturated heterocycles.